The van der Waals surface area contributed by atoms with Crippen LogP contribution in [0.15, 0.2) is 65.3 Å². The summed E-state index contributed by atoms with van der Waals surface area (Å²) in [5.74, 6) is -8.48. The van der Waals surface area contributed by atoms with Crippen LogP contribution < -0.4 is 14.4 Å². The summed E-state index contributed by atoms with van der Waals surface area (Å²) in [5.41, 5.74) is 0.319. The number of rotatable bonds is 15. The number of carboxylic acid groups (broad SMARTS) is 4. The summed E-state index contributed by atoms with van der Waals surface area (Å²) in [5, 5.41) is 113. The molecular weight excluding hydrogens is 860 g/mol. The fourth-order valence-corrected chi connectivity index (χ4v) is 7.21. The van der Waals surface area contributed by atoms with E-state index in [1.54, 1.807) is 0 Å². The molecule has 6 rings (SSSR count). The number of dihydropyridines is 1. The van der Waals surface area contributed by atoms with E-state index in [9.17, 15) is 80.1 Å². The van der Waals surface area contributed by atoms with E-state index in [0.717, 1.165) is 18.2 Å². The molecule has 0 saturated carbocycles. The Balaban J connectivity index is 1.28. The van der Waals surface area contributed by atoms with Crippen molar-refractivity contribution in [1.29, 1.82) is 0 Å². The minimum atomic E-state index is -2.22. The van der Waals surface area contributed by atoms with E-state index < -0.39 is 127 Å². The minimum absolute atomic E-state index is 0.0621. The lowest BCUT2D eigenvalue weighted by Crippen LogP contribution is -2.66. The number of aliphatic carboxylic acids is 4. The number of methoxy groups -OCH3 is 1. The largest absolute Gasteiger partial charge is 0.504 e. The summed E-state index contributed by atoms with van der Waals surface area (Å²) in [4.78, 5) is 65.6. The Morgan fingerprint density at radius 3 is 2.17 bits per heavy atom. The summed E-state index contributed by atoms with van der Waals surface area (Å²) >= 11 is 0. The average molecular weight is 903 g/mol. The van der Waals surface area contributed by atoms with Crippen molar-refractivity contribution in [3.8, 4) is 23.0 Å². The Morgan fingerprint density at radius 2 is 1.53 bits per heavy atom. The molecule has 0 unspecified atom stereocenters. The van der Waals surface area contributed by atoms with Crippen molar-refractivity contribution in [1.82, 2.24) is 0 Å². The van der Waals surface area contributed by atoms with Crippen molar-refractivity contribution in [3.05, 3.63) is 71.5 Å². The van der Waals surface area contributed by atoms with Gasteiger partial charge in [0.2, 0.25) is 6.29 Å². The van der Waals surface area contributed by atoms with Gasteiger partial charge >= 0.3 is 29.8 Å². The van der Waals surface area contributed by atoms with Crippen LogP contribution in [0.1, 0.15) is 17.5 Å². The molecule has 0 aromatic heterocycles. The molecule has 2 saturated heterocycles. The molecule has 4 heterocycles. The van der Waals surface area contributed by atoms with Crippen molar-refractivity contribution in [2.45, 2.75) is 86.3 Å². The minimum Gasteiger partial charge on any atom is -0.504 e. The number of phenolic OH excluding ortho intramolecular Hbond substituents is 2. The first kappa shape index (κ1) is 46.9. The van der Waals surface area contributed by atoms with Crippen LogP contribution in [0.2, 0.25) is 0 Å². The Bertz CT molecular complexity index is 2280. The molecule has 0 radical (unpaired) electrons. The predicted octanol–water partition coefficient (Wildman–Crippen LogP) is -1.90. The van der Waals surface area contributed by atoms with E-state index in [0.29, 0.717) is 5.56 Å². The number of anilines is 1. The number of aliphatic hydroxyl groups is 5. The lowest BCUT2D eigenvalue weighted by molar-refractivity contribution is -0.354. The first-order chi connectivity index (χ1) is 30.3. The number of fused-ring (bicyclic) bond motifs is 1. The molecule has 0 aliphatic carbocycles. The molecule has 4 aliphatic rings. The number of aromatic hydroxyl groups is 2. The van der Waals surface area contributed by atoms with Crippen LogP contribution >= 0.6 is 0 Å². The molecule has 2 fully saturated rings. The molecule has 12 atom stereocenters. The second-order valence-corrected chi connectivity index (χ2v) is 14.7. The normalized spacial score (nSPS) is 30.3. The van der Waals surface area contributed by atoms with Crippen molar-refractivity contribution >= 4 is 47.3 Å². The third-order valence-corrected chi connectivity index (χ3v) is 10.5. The molecule has 2 aromatic rings. The molecule has 0 spiro atoms. The smallest absolute Gasteiger partial charge is 0.354 e. The van der Waals surface area contributed by atoms with E-state index in [1.165, 1.54) is 54.6 Å². The quantitative estimate of drug-likeness (QED) is 0.0687. The summed E-state index contributed by atoms with van der Waals surface area (Å²) in [7, 11) is 1.29. The number of hydrogen-bond donors (Lipinski definition) is 11. The number of aliphatic hydroxyl groups excluding tert-OH is 5. The number of carbonyl (C=O) groups is 5. The monoisotopic (exact) mass is 902 g/mol. The second-order valence-electron chi connectivity index (χ2n) is 14.7. The van der Waals surface area contributed by atoms with Crippen LogP contribution in [-0.4, -0.2) is 179 Å². The molecule has 0 bridgehead atoms. The fourth-order valence-electron chi connectivity index (χ4n) is 7.21. The van der Waals surface area contributed by atoms with Gasteiger partial charge in [-0.15, -0.1) is 0 Å². The topological polar surface area (TPSA) is 379 Å². The van der Waals surface area contributed by atoms with Gasteiger partial charge in [-0.3, -0.25) is 4.99 Å². The predicted molar refractivity (Wildman–Crippen MR) is 209 cm³/mol. The van der Waals surface area contributed by atoms with Crippen LogP contribution in [0.4, 0.5) is 5.69 Å². The first-order valence-corrected chi connectivity index (χ1v) is 19.1. The standard InChI is InChI=1S/C40H42N2O22/c1-59-24-10-15(2-4-22(24)44)3-5-27(46)62-33-31(50)30(49)32(38(57)58)63-40(33)64-34-29(48)28(47)26(14-43)61-39(34)60-25-12-17-11-21(37(55)56)42(20(17)13-23(25)45)7-6-16-8-18(35(51)52)41-19(9-16)36(53)54/h2-8,10,12-13,19,21,26,28-34,39-40,43-45,47-50H,9,11,14H2,1H3,(H,51,52)(H,53,54)(H,55,56)(H,57,58)/b5-3+,7-6+/t19-,21+,26-,28-,29+,30+,31+,32+,33-,34-,39-,40+/m1/s1. The number of benzene rings is 2. The number of aliphatic imine (C=N–C) groups is 1. The third kappa shape index (κ3) is 9.93. The molecular formula is C40H42N2O22. The highest BCUT2D eigenvalue weighted by atomic mass is 16.8. The molecule has 24 heteroatoms. The SMILES string of the molecule is COc1cc(/C=C/C(=O)O[C@H]2[C@H](O[C@H]3[C@H](Oc4cc5c(cc4O)N(/C=C/C4=CC(C(=O)O)=N[C@@H](C(=O)O)C4)[C@H](C(=O)O)C5)O[C@H](CO)[C@@H](O)[C@@H]3O)O[C@H](C(=O)O)[C@@H](O)[C@@H]2O)ccc1O. The van der Waals surface area contributed by atoms with Gasteiger partial charge in [0, 0.05) is 36.9 Å². The van der Waals surface area contributed by atoms with Crippen LogP contribution in [0, 0.1) is 0 Å². The van der Waals surface area contributed by atoms with Gasteiger partial charge in [-0.1, -0.05) is 6.07 Å². The maximum absolute atomic E-state index is 13.0. The Labute approximate surface area is 359 Å². The summed E-state index contributed by atoms with van der Waals surface area (Å²) in [6.07, 6.45) is -15.2. The van der Waals surface area contributed by atoms with E-state index in [-0.39, 0.29) is 41.2 Å². The van der Waals surface area contributed by atoms with E-state index in [4.69, 9.17) is 28.4 Å². The Morgan fingerprint density at radius 1 is 0.812 bits per heavy atom. The number of hydrogen-bond acceptors (Lipinski definition) is 20. The van der Waals surface area contributed by atoms with Gasteiger partial charge in [0.1, 0.15) is 42.3 Å². The van der Waals surface area contributed by atoms with E-state index >= 15 is 0 Å². The molecule has 4 aliphatic heterocycles. The highest BCUT2D eigenvalue weighted by Crippen LogP contribution is 2.42. The first-order valence-electron chi connectivity index (χ1n) is 19.1. The van der Waals surface area contributed by atoms with Crippen LogP contribution in [0.3, 0.4) is 0 Å². The van der Waals surface area contributed by atoms with Gasteiger partial charge in [-0.05, 0) is 53.1 Å². The zero-order chi connectivity index (χ0) is 46.7. The zero-order valence-corrected chi connectivity index (χ0v) is 33.1. The summed E-state index contributed by atoms with van der Waals surface area (Å²) < 4.78 is 33.2. The van der Waals surface area contributed by atoms with Gasteiger partial charge in [0.25, 0.3) is 0 Å². The van der Waals surface area contributed by atoms with Gasteiger partial charge in [-0.2, -0.15) is 0 Å². The Kier molecular flexibility index (Phi) is 14.2. The maximum atomic E-state index is 13.0. The van der Waals surface area contributed by atoms with Crippen molar-refractivity contribution < 1.29 is 109 Å². The summed E-state index contributed by atoms with van der Waals surface area (Å²) in [6, 6.07) is 3.57. The molecule has 64 heavy (non-hydrogen) atoms. The number of allylic oxidation sites excluding steroid dienone is 1. The van der Waals surface area contributed by atoms with Gasteiger partial charge in [0.05, 0.1) is 13.7 Å². The number of esters is 1. The average Bonchev–Trinajstić information content (AvgIpc) is 3.61. The molecule has 0 amide bonds. The lowest BCUT2D eigenvalue weighted by atomic mass is 9.97. The molecule has 344 valence electrons. The van der Waals surface area contributed by atoms with E-state index in [2.05, 4.69) is 4.99 Å². The summed E-state index contributed by atoms with van der Waals surface area (Å²) in [6.45, 7) is -0.919. The zero-order valence-electron chi connectivity index (χ0n) is 33.1. The van der Waals surface area contributed by atoms with Crippen LogP contribution in [-0.2, 0) is 49.3 Å². The number of phenols is 2. The van der Waals surface area contributed by atoms with Gasteiger partial charge in [-0.25, -0.2) is 24.0 Å². The van der Waals surface area contributed by atoms with Gasteiger partial charge in [0.15, 0.2) is 53.6 Å². The lowest BCUT2D eigenvalue weighted by Gasteiger charge is -2.46. The van der Waals surface area contributed by atoms with Crippen molar-refractivity contribution in [3.63, 3.8) is 0 Å². The maximum Gasteiger partial charge on any atom is 0.354 e. The third-order valence-electron chi connectivity index (χ3n) is 10.5. The fraction of sp³-hybridized carbons (Fsp3) is 0.400. The number of ether oxygens (including phenoxy) is 6. The Hall–Kier alpha value is -6.64. The van der Waals surface area contributed by atoms with Crippen molar-refractivity contribution in [2.24, 2.45) is 4.99 Å². The highest BCUT2D eigenvalue weighted by Gasteiger charge is 2.54. The molecule has 2 aromatic carbocycles. The van der Waals surface area contributed by atoms with E-state index in [1.807, 2.05) is 0 Å². The highest BCUT2D eigenvalue weighted by molar-refractivity contribution is 6.41. The van der Waals surface area contributed by atoms with Gasteiger partial charge < -0.3 is 89.5 Å². The second kappa shape index (κ2) is 19.4. The number of carboxylic acids is 4. The van der Waals surface area contributed by atoms with Crippen molar-refractivity contribution in [2.75, 3.05) is 18.6 Å². The molecule has 11 N–H and O–H groups in total. The number of carbonyl (C=O) groups excluding carboxylic acids is 1. The van der Waals surface area contributed by atoms with Crippen LogP contribution in [0.25, 0.3) is 6.08 Å². The number of nitrogens with zero attached hydrogens (tertiary/aromatic N) is 2. The molecule has 24 nitrogen and oxygen atoms in total. The van der Waals surface area contributed by atoms with Crippen LogP contribution in [0.5, 0.6) is 23.0 Å².